The van der Waals surface area contributed by atoms with Crippen molar-refractivity contribution in [2.45, 2.75) is 13.0 Å². The first kappa shape index (κ1) is 11.7. The van der Waals surface area contributed by atoms with Gasteiger partial charge in [0.15, 0.2) is 5.76 Å². The number of hydrogen-bond donors (Lipinski definition) is 1. The average Bonchev–Trinajstić information content (AvgIpc) is 2.82. The normalized spacial score (nSPS) is 12.1. The van der Waals surface area contributed by atoms with Crippen molar-refractivity contribution in [1.82, 2.24) is 5.32 Å². The Hall–Kier alpha value is -1.74. The maximum absolute atomic E-state index is 11.7. The summed E-state index contributed by atoms with van der Waals surface area (Å²) in [6, 6.07) is 10.6. The topological polar surface area (TPSA) is 42.2 Å². The molecule has 0 radical (unpaired) electrons. The van der Waals surface area contributed by atoms with Crippen LogP contribution >= 0.6 is 11.6 Å². The lowest BCUT2D eigenvalue weighted by atomic mass is 10.1. The van der Waals surface area contributed by atoms with E-state index in [0.717, 1.165) is 5.56 Å². The van der Waals surface area contributed by atoms with Gasteiger partial charge in [0.05, 0.1) is 12.3 Å². The minimum atomic E-state index is -0.234. The summed E-state index contributed by atoms with van der Waals surface area (Å²) < 4.78 is 5.02. The van der Waals surface area contributed by atoms with Crippen LogP contribution in [0.1, 0.15) is 29.1 Å². The third-order valence-electron chi connectivity index (χ3n) is 2.44. The number of benzene rings is 1. The molecule has 1 aromatic carbocycles. The predicted octanol–water partition coefficient (Wildman–Crippen LogP) is 3.42. The van der Waals surface area contributed by atoms with Gasteiger partial charge in [-0.25, -0.2) is 0 Å². The second-order valence-corrected chi connectivity index (χ2v) is 4.16. The Bertz CT molecular complexity index is 508. The van der Waals surface area contributed by atoms with E-state index in [-0.39, 0.29) is 11.9 Å². The minimum Gasteiger partial charge on any atom is -0.459 e. The zero-order valence-corrected chi connectivity index (χ0v) is 10.1. The number of amides is 1. The van der Waals surface area contributed by atoms with Crippen molar-refractivity contribution < 1.29 is 9.21 Å². The van der Waals surface area contributed by atoms with Crippen LogP contribution in [-0.4, -0.2) is 5.91 Å². The van der Waals surface area contributed by atoms with E-state index in [1.807, 2.05) is 25.1 Å². The summed E-state index contributed by atoms with van der Waals surface area (Å²) in [5.41, 5.74) is 0.956. The van der Waals surface area contributed by atoms with Crippen molar-refractivity contribution in [3.8, 4) is 0 Å². The van der Waals surface area contributed by atoms with E-state index in [1.54, 1.807) is 18.2 Å². The SMILES string of the molecule is C[C@@H](NC(=O)c1ccco1)c1cccc(Cl)c1. The van der Waals surface area contributed by atoms with Crippen LogP contribution in [0.3, 0.4) is 0 Å². The molecule has 3 nitrogen and oxygen atoms in total. The van der Waals surface area contributed by atoms with Crippen LogP contribution in [0.25, 0.3) is 0 Å². The van der Waals surface area contributed by atoms with Crippen LogP contribution in [0.15, 0.2) is 47.1 Å². The minimum absolute atomic E-state index is 0.119. The molecule has 0 aliphatic rings. The monoisotopic (exact) mass is 249 g/mol. The molecule has 0 saturated carbocycles. The van der Waals surface area contributed by atoms with Crippen molar-refractivity contribution in [1.29, 1.82) is 0 Å². The largest absolute Gasteiger partial charge is 0.459 e. The van der Waals surface area contributed by atoms with Crippen molar-refractivity contribution >= 4 is 17.5 Å². The molecule has 0 aliphatic heterocycles. The maximum Gasteiger partial charge on any atom is 0.287 e. The van der Waals surface area contributed by atoms with E-state index in [1.165, 1.54) is 6.26 Å². The molecule has 1 amide bonds. The molecular weight excluding hydrogens is 238 g/mol. The summed E-state index contributed by atoms with van der Waals surface area (Å²) in [7, 11) is 0. The quantitative estimate of drug-likeness (QED) is 0.906. The van der Waals surface area contributed by atoms with Crippen molar-refractivity contribution in [3.05, 3.63) is 59.0 Å². The Morgan fingerprint density at radius 1 is 1.35 bits per heavy atom. The molecule has 0 bridgehead atoms. The molecule has 0 fully saturated rings. The number of furan rings is 1. The molecule has 4 heteroatoms. The van der Waals surface area contributed by atoms with E-state index < -0.39 is 0 Å². The van der Waals surface area contributed by atoms with Crippen molar-refractivity contribution in [2.75, 3.05) is 0 Å². The number of hydrogen-bond acceptors (Lipinski definition) is 2. The first-order valence-corrected chi connectivity index (χ1v) is 5.64. The lowest BCUT2D eigenvalue weighted by Gasteiger charge is -2.13. The van der Waals surface area contributed by atoms with E-state index in [9.17, 15) is 4.79 Å². The van der Waals surface area contributed by atoms with Gasteiger partial charge in [0.1, 0.15) is 0 Å². The lowest BCUT2D eigenvalue weighted by molar-refractivity contribution is 0.0912. The summed E-state index contributed by atoms with van der Waals surface area (Å²) >= 11 is 5.89. The molecule has 2 aromatic rings. The molecular formula is C13H12ClNO2. The van der Waals surface area contributed by atoms with E-state index in [4.69, 9.17) is 16.0 Å². The van der Waals surface area contributed by atoms with Crippen LogP contribution < -0.4 is 5.32 Å². The molecule has 1 N–H and O–H groups in total. The van der Waals surface area contributed by atoms with Gasteiger partial charge in [-0.15, -0.1) is 0 Å². The highest BCUT2D eigenvalue weighted by Gasteiger charge is 2.13. The molecule has 0 aliphatic carbocycles. The first-order valence-electron chi connectivity index (χ1n) is 5.26. The number of halogens is 1. The number of carbonyl (C=O) groups is 1. The highest BCUT2D eigenvalue weighted by atomic mass is 35.5. The standard InChI is InChI=1S/C13H12ClNO2/c1-9(10-4-2-5-11(14)8-10)15-13(16)12-6-3-7-17-12/h2-9H,1H3,(H,15,16)/t9-/m1/s1. The van der Waals surface area contributed by atoms with Gasteiger partial charge in [-0.1, -0.05) is 23.7 Å². The smallest absolute Gasteiger partial charge is 0.287 e. The number of rotatable bonds is 3. The molecule has 1 heterocycles. The summed E-state index contributed by atoms with van der Waals surface area (Å²) in [6.45, 7) is 1.90. The second-order valence-electron chi connectivity index (χ2n) is 3.73. The Morgan fingerprint density at radius 3 is 2.82 bits per heavy atom. The molecule has 88 valence electrons. The van der Waals surface area contributed by atoms with Gasteiger partial charge in [0.25, 0.3) is 5.91 Å². The van der Waals surface area contributed by atoms with Gasteiger partial charge in [0.2, 0.25) is 0 Å². The molecule has 1 aromatic heterocycles. The van der Waals surface area contributed by atoms with Crippen LogP contribution in [0.5, 0.6) is 0 Å². The average molecular weight is 250 g/mol. The van der Waals surface area contributed by atoms with Crippen LogP contribution in [0.4, 0.5) is 0 Å². The molecule has 0 saturated heterocycles. The maximum atomic E-state index is 11.7. The summed E-state index contributed by atoms with van der Waals surface area (Å²) in [5, 5.41) is 3.49. The predicted molar refractivity (Wildman–Crippen MR) is 66.0 cm³/mol. The molecule has 17 heavy (non-hydrogen) atoms. The van der Waals surface area contributed by atoms with E-state index in [0.29, 0.717) is 10.8 Å². The second kappa shape index (κ2) is 5.06. The Kier molecular flexibility index (Phi) is 3.49. The molecule has 0 spiro atoms. The third-order valence-corrected chi connectivity index (χ3v) is 2.68. The number of nitrogens with one attached hydrogen (secondary N) is 1. The molecule has 1 atom stereocenters. The summed E-state index contributed by atoms with van der Waals surface area (Å²) in [5.74, 6) is 0.0707. The van der Waals surface area contributed by atoms with Gasteiger partial charge in [0, 0.05) is 5.02 Å². The number of carbonyl (C=O) groups excluding carboxylic acids is 1. The highest BCUT2D eigenvalue weighted by Crippen LogP contribution is 2.17. The van der Waals surface area contributed by atoms with E-state index in [2.05, 4.69) is 5.32 Å². The van der Waals surface area contributed by atoms with Crippen molar-refractivity contribution in [2.24, 2.45) is 0 Å². The highest BCUT2D eigenvalue weighted by molar-refractivity contribution is 6.30. The fourth-order valence-corrected chi connectivity index (χ4v) is 1.73. The summed E-state index contributed by atoms with van der Waals surface area (Å²) in [6.07, 6.45) is 1.47. The van der Waals surface area contributed by atoms with Crippen LogP contribution in [-0.2, 0) is 0 Å². The lowest BCUT2D eigenvalue weighted by Crippen LogP contribution is -2.26. The Labute approximate surface area is 104 Å². The van der Waals surface area contributed by atoms with Gasteiger partial charge in [-0.2, -0.15) is 0 Å². The fraction of sp³-hybridized carbons (Fsp3) is 0.154. The van der Waals surface area contributed by atoms with Crippen molar-refractivity contribution in [3.63, 3.8) is 0 Å². The molecule has 0 unspecified atom stereocenters. The van der Waals surface area contributed by atoms with Crippen LogP contribution in [0.2, 0.25) is 5.02 Å². The fourth-order valence-electron chi connectivity index (χ4n) is 1.53. The van der Waals surface area contributed by atoms with Gasteiger partial charge in [-0.3, -0.25) is 4.79 Å². The zero-order valence-electron chi connectivity index (χ0n) is 9.31. The Balaban J connectivity index is 2.07. The van der Waals surface area contributed by atoms with Crippen LogP contribution in [0, 0.1) is 0 Å². The zero-order chi connectivity index (χ0) is 12.3. The van der Waals surface area contributed by atoms with E-state index >= 15 is 0 Å². The first-order chi connectivity index (χ1) is 8.16. The summed E-state index contributed by atoms with van der Waals surface area (Å²) in [4.78, 5) is 11.7. The van der Waals surface area contributed by atoms with Gasteiger partial charge >= 0.3 is 0 Å². The van der Waals surface area contributed by atoms with Gasteiger partial charge < -0.3 is 9.73 Å². The van der Waals surface area contributed by atoms with Gasteiger partial charge in [-0.05, 0) is 36.8 Å². The Morgan fingerprint density at radius 2 is 2.18 bits per heavy atom. The molecule has 2 rings (SSSR count). The third kappa shape index (κ3) is 2.88.